The molecule has 0 aromatic heterocycles. The second-order valence-electron chi connectivity index (χ2n) is 6.55. The Kier molecular flexibility index (Phi) is 11.9. The van der Waals surface area contributed by atoms with Crippen molar-refractivity contribution in [2.24, 2.45) is 4.99 Å². The highest BCUT2D eigenvalue weighted by atomic mass is 127. The number of nitrogens with one attached hydrogen (secondary N) is 3. The van der Waals surface area contributed by atoms with Crippen molar-refractivity contribution in [3.05, 3.63) is 29.8 Å². The molecule has 0 bridgehead atoms. The van der Waals surface area contributed by atoms with E-state index in [1.54, 1.807) is 7.11 Å². The number of nitrogens with zero attached hydrogens (tertiary/aromatic N) is 1. The zero-order valence-corrected chi connectivity index (χ0v) is 18.8. The number of ether oxygens (including phenoxy) is 1. The van der Waals surface area contributed by atoms with Crippen LogP contribution in [0.1, 0.15) is 44.6 Å². The van der Waals surface area contributed by atoms with E-state index < -0.39 is 0 Å². The number of halogens is 1. The first kappa shape index (κ1) is 23.5. The van der Waals surface area contributed by atoms with Crippen molar-refractivity contribution in [3.8, 4) is 5.75 Å². The van der Waals surface area contributed by atoms with Crippen molar-refractivity contribution in [2.45, 2.75) is 51.5 Å². The van der Waals surface area contributed by atoms with Gasteiger partial charge in [-0.2, -0.15) is 0 Å². The highest BCUT2D eigenvalue weighted by Crippen LogP contribution is 2.18. The van der Waals surface area contributed by atoms with Crippen LogP contribution in [0.4, 0.5) is 0 Å². The van der Waals surface area contributed by atoms with Crippen LogP contribution in [0.25, 0.3) is 0 Å². The molecule has 152 valence electrons. The number of amides is 1. The molecule has 7 heteroatoms. The number of guanidine groups is 1. The average Bonchev–Trinajstić information content (AvgIpc) is 3.15. The molecule has 1 fully saturated rings. The Morgan fingerprint density at radius 1 is 1.22 bits per heavy atom. The molecule has 0 unspecified atom stereocenters. The fourth-order valence-electron chi connectivity index (χ4n) is 3.21. The summed E-state index contributed by atoms with van der Waals surface area (Å²) < 4.78 is 5.38. The van der Waals surface area contributed by atoms with E-state index in [1.807, 2.05) is 25.1 Å². The van der Waals surface area contributed by atoms with Crippen LogP contribution < -0.4 is 20.7 Å². The number of benzene rings is 1. The number of para-hydroxylation sites is 1. The molecular formula is C20H33IN4O2. The summed E-state index contributed by atoms with van der Waals surface area (Å²) in [6.45, 7) is 4.06. The molecule has 6 nitrogen and oxygen atoms in total. The summed E-state index contributed by atoms with van der Waals surface area (Å²) in [6, 6.07) is 8.40. The summed E-state index contributed by atoms with van der Waals surface area (Å²) in [4.78, 5) is 16.5. The van der Waals surface area contributed by atoms with Crippen molar-refractivity contribution in [1.29, 1.82) is 0 Å². The SMILES string of the molecule is CCNC(=NCCC(=O)NC1CCCC1)NCCc1ccccc1OC.I. The fraction of sp³-hybridized carbons (Fsp3) is 0.600. The predicted octanol–water partition coefficient (Wildman–Crippen LogP) is 2.86. The van der Waals surface area contributed by atoms with E-state index >= 15 is 0 Å². The van der Waals surface area contributed by atoms with Gasteiger partial charge >= 0.3 is 0 Å². The van der Waals surface area contributed by atoms with E-state index in [2.05, 4.69) is 27.0 Å². The van der Waals surface area contributed by atoms with Gasteiger partial charge in [0.25, 0.3) is 0 Å². The molecule has 1 amide bonds. The molecule has 3 N–H and O–H groups in total. The lowest BCUT2D eigenvalue weighted by Crippen LogP contribution is -2.39. The molecule has 0 saturated heterocycles. The van der Waals surface area contributed by atoms with Crippen molar-refractivity contribution in [3.63, 3.8) is 0 Å². The maximum Gasteiger partial charge on any atom is 0.222 e. The first-order valence-corrected chi connectivity index (χ1v) is 9.66. The van der Waals surface area contributed by atoms with Crippen LogP contribution >= 0.6 is 24.0 Å². The third-order valence-corrected chi connectivity index (χ3v) is 4.55. The second kappa shape index (κ2) is 13.6. The number of methoxy groups -OCH3 is 1. The Labute approximate surface area is 179 Å². The van der Waals surface area contributed by atoms with Gasteiger partial charge in [0, 0.05) is 25.6 Å². The van der Waals surface area contributed by atoms with Gasteiger partial charge in [0.05, 0.1) is 13.7 Å². The Hall–Kier alpha value is -1.51. The number of rotatable bonds is 9. The summed E-state index contributed by atoms with van der Waals surface area (Å²) in [5, 5.41) is 9.64. The van der Waals surface area contributed by atoms with Gasteiger partial charge < -0.3 is 20.7 Å². The number of hydrogen-bond acceptors (Lipinski definition) is 3. The van der Waals surface area contributed by atoms with Crippen LogP contribution in [0, 0.1) is 0 Å². The van der Waals surface area contributed by atoms with E-state index in [0.717, 1.165) is 49.6 Å². The van der Waals surface area contributed by atoms with Gasteiger partial charge in [-0.25, -0.2) is 0 Å². The van der Waals surface area contributed by atoms with E-state index in [4.69, 9.17) is 4.74 Å². The van der Waals surface area contributed by atoms with Gasteiger partial charge in [-0.15, -0.1) is 24.0 Å². The van der Waals surface area contributed by atoms with Crippen LogP contribution in [0.2, 0.25) is 0 Å². The Bertz CT molecular complexity index is 589. The molecule has 1 aromatic carbocycles. The summed E-state index contributed by atoms with van der Waals surface area (Å²) in [5.41, 5.74) is 1.16. The fourth-order valence-corrected chi connectivity index (χ4v) is 3.21. The molecule has 1 aliphatic rings. The molecule has 1 saturated carbocycles. The van der Waals surface area contributed by atoms with Crippen molar-refractivity contribution in [2.75, 3.05) is 26.7 Å². The van der Waals surface area contributed by atoms with Gasteiger partial charge in [0.15, 0.2) is 5.96 Å². The monoisotopic (exact) mass is 488 g/mol. The van der Waals surface area contributed by atoms with Crippen LogP contribution in [0.3, 0.4) is 0 Å². The lowest BCUT2D eigenvalue weighted by molar-refractivity contribution is -0.121. The number of carbonyl (C=O) groups excluding carboxylic acids is 1. The third-order valence-electron chi connectivity index (χ3n) is 4.55. The molecule has 0 atom stereocenters. The lowest BCUT2D eigenvalue weighted by atomic mass is 10.1. The molecule has 2 rings (SSSR count). The van der Waals surface area contributed by atoms with Gasteiger partial charge in [-0.1, -0.05) is 31.0 Å². The molecule has 0 heterocycles. The standard InChI is InChI=1S/C20H32N4O2.HI/c1-3-21-20(22-14-12-16-8-4-7-11-18(16)26-2)23-15-13-19(25)24-17-9-5-6-10-17;/h4,7-8,11,17H,3,5-6,9-10,12-15H2,1-2H3,(H,24,25)(H2,21,22,23);1H. The van der Waals surface area contributed by atoms with Gasteiger partial charge in [-0.3, -0.25) is 9.79 Å². The maximum atomic E-state index is 12.0. The van der Waals surface area contributed by atoms with Crippen LogP contribution in [-0.4, -0.2) is 44.7 Å². The van der Waals surface area contributed by atoms with Crippen LogP contribution in [0.15, 0.2) is 29.3 Å². The van der Waals surface area contributed by atoms with Crippen molar-refractivity contribution in [1.82, 2.24) is 16.0 Å². The summed E-state index contributed by atoms with van der Waals surface area (Å²) in [6.07, 6.45) is 5.95. The molecule has 0 spiro atoms. The van der Waals surface area contributed by atoms with Crippen molar-refractivity contribution < 1.29 is 9.53 Å². The van der Waals surface area contributed by atoms with Gasteiger partial charge in [0.1, 0.15) is 5.75 Å². The molecule has 0 aliphatic heterocycles. The molecule has 0 radical (unpaired) electrons. The van der Waals surface area contributed by atoms with Crippen LogP contribution in [-0.2, 0) is 11.2 Å². The topological polar surface area (TPSA) is 74.8 Å². The average molecular weight is 488 g/mol. The maximum absolute atomic E-state index is 12.0. The third kappa shape index (κ3) is 8.81. The highest BCUT2D eigenvalue weighted by Gasteiger charge is 2.16. The van der Waals surface area contributed by atoms with Crippen LogP contribution in [0.5, 0.6) is 5.75 Å². The minimum Gasteiger partial charge on any atom is -0.496 e. The molecular weight excluding hydrogens is 455 g/mol. The number of carbonyl (C=O) groups is 1. The van der Waals surface area contributed by atoms with Crippen molar-refractivity contribution >= 4 is 35.8 Å². The zero-order chi connectivity index (χ0) is 18.6. The zero-order valence-electron chi connectivity index (χ0n) is 16.4. The molecule has 27 heavy (non-hydrogen) atoms. The minimum absolute atomic E-state index is 0. The largest absolute Gasteiger partial charge is 0.496 e. The first-order chi connectivity index (χ1) is 12.7. The summed E-state index contributed by atoms with van der Waals surface area (Å²) >= 11 is 0. The van der Waals surface area contributed by atoms with E-state index in [1.165, 1.54) is 12.8 Å². The highest BCUT2D eigenvalue weighted by molar-refractivity contribution is 14.0. The van der Waals surface area contributed by atoms with E-state index in [-0.39, 0.29) is 29.9 Å². The first-order valence-electron chi connectivity index (χ1n) is 9.66. The number of hydrogen-bond donors (Lipinski definition) is 3. The predicted molar refractivity (Wildman–Crippen MR) is 121 cm³/mol. The lowest BCUT2D eigenvalue weighted by Gasteiger charge is -2.13. The normalized spacial score (nSPS) is 14.4. The smallest absolute Gasteiger partial charge is 0.222 e. The van der Waals surface area contributed by atoms with E-state index in [9.17, 15) is 4.79 Å². The molecule has 1 aromatic rings. The van der Waals surface area contributed by atoms with E-state index in [0.29, 0.717) is 19.0 Å². The van der Waals surface area contributed by atoms with Gasteiger partial charge in [-0.05, 0) is 37.8 Å². The van der Waals surface area contributed by atoms with Gasteiger partial charge in [0.2, 0.25) is 5.91 Å². The second-order valence-corrected chi connectivity index (χ2v) is 6.55. The quantitative estimate of drug-likeness (QED) is 0.284. The minimum atomic E-state index is 0. The number of aliphatic imine (C=N–C) groups is 1. The Balaban J connectivity index is 0.00000364. The molecule has 1 aliphatic carbocycles. The Morgan fingerprint density at radius 3 is 2.67 bits per heavy atom. The summed E-state index contributed by atoms with van der Waals surface area (Å²) in [5.74, 6) is 1.75. The summed E-state index contributed by atoms with van der Waals surface area (Å²) in [7, 11) is 1.69. The Morgan fingerprint density at radius 2 is 1.96 bits per heavy atom.